The van der Waals surface area contributed by atoms with Crippen LogP contribution in [0.5, 0.6) is 0 Å². The number of amides is 1. The molecule has 1 heterocycles. The average molecular weight is 231 g/mol. The number of nitrogens with zero attached hydrogens (tertiary/aromatic N) is 1. The predicted octanol–water partition coefficient (Wildman–Crippen LogP) is 2.27. The van der Waals surface area contributed by atoms with Gasteiger partial charge in [-0.1, -0.05) is 13.8 Å². The van der Waals surface area contributed by atoms with Gasteiger partial charge in [-0.25, -0.2) is 4.98 Å². The molecule has 2 N–H and O–H groups in total. The highest BCUT2D eigenvalue weighted by Crippen LogP contribution is 2.14. The summed E-state index contributed by atoms with van der Waals surface area (Å²) >= 11 is 0. The number of hydrogen-bond donors (Lipinski definition) is 2. The number of imidazole rings is 1. The molecular weight excluding hydrogens is 214 g/mol. The van der Waals surface area contributed by atoms with E-state index in [1.165, 1.54) is 0 Å². The normalized spacial score (nSPS) is 10.7. The lowest BCUT2D eigenvalue weighted by Gasteiger charge is -2.02. The molecule has 2 aromatic rings. The van der Waals surface area contributed by atoms with Crippen LogP contribution in [-0.4, -0.2) is 22.4 Å². The van der Waals surface area contributed by atoms with Crippen molar-refractivity contribution >= 4 is 16.9 Å². The highest BCUT2D eigenvalue weighted by atomic mass is 16.1. The fourth-order valence-corrected chi connectivity index (χ4v) is 1.71. The Morgan fingerprint density at radius 1 is 1.41 bits per heavy atom. The van der Waals surface area contributed by atoms with Gasteiger partial charge in [0.2, 0.25) is 0 Å². The van der Waals surface area contributed by atoms with Crippen LogP contribution in [0.2, 0.25) is 0 Å². The molecule has 1 aromatic carbocycles. The van der Waals surface area contributed by atoms with Gasteiger partial charge < -0.3 is 10.3 Å². The Bertz CT molecular complexity index is 530. The third-order valence-electron chi connectivity index (χ3n) is 2.66. The van der Waals surface area contributed by atoms with Gasteiger partial charge >= 0.3 is 0 Å². The van der Waals surface area contributed by atoms with Crippen LogP contribution in [-0.2, 0) is 6.42 Å². The molecule has 0 bridgehead atoms. The van der Waals surface area contributed by atoms with E-state index in [0.29, 0.717) is 12.1 Å². The Morgan fingerprint density at radius 3 is 2.94 bits per heavy atom. The Kier molecular flexibility index (Phi) is 3.42. The minimum Gasteiger partial charge on any atom is -0.352 e. The van der Waals surface area contributed by atoms with E-state index in [9.17, 15) is 4.79 Å². The van der Waals surface area contributed by atoms with Crippen LogP contribution in [0.25, 0.3) is 11.0 Å². The van der Waals surface area contributed by atoms with Crippen molar-refractivity contribution in [1.29, 1.82) is 0 Å². The molecule has 0 saturated heterocycles. The number of benzene rings is 1. The molecule has 0 fully saturated rings. The van der Waals surface area contributed by atoms with E-state index in [2.05, 4.69) is 15.3 Å². The van der Waals surface area contributed by atoms with E-state index in [4.69, 9.17) is 0 Å². The van der Waals surface area contributed by atoms with Crippen LogP contribution in [0.15, 0.2) is 18.2 Å². The zero-order chi connectivity index (χ0) is 12.3. The van der Waals surface area contributed by atoms with Gasteiger partial charge in [0.05, 0.1) is 11.0 Å². The summed E-state index contributed by atoms with van der Waals surface area (Å²) in [5, 5.41) is 2.86. The van der Waals surface area contributed by atoms with E-state index in [1.807, 2.05) is 32.0 Å². The largest absolute Gasteiger partial charge is 0.352 e. The fraction of sp³-hybridized carbons (Fsp3) is 0.385. The SMILES string of the molecule is CCCNC(=O)c1ccc2nc(CC)[nH]c2c1. The lowest BCUT2D eigenvalue weighted by atomic mass is 10.2. The van der Waals surface area contributed by atoms with Crippen LogP contribution in [0, 0.1) is 0 Å². The molecule has 0 atom stereocenters. The number of rotatable bonds is 4. The monoisotopic (exact) mass is 231 g/mol. The quantitative estimate of drug-likeness (QED) is 0.848. The van der Waals surface area contributed by atoms with Crippen LogP contribution in [0.3, 0.4) is 0 Å². The maximum absolute atomic E-state index is 11.8. The van der Waals surface area contributed by atoms with Gasteiger partial charge in [0.15, 0.2) is 0 Å². The number of nitrogens with one attached hydrogen (secondary N) is 2. The molecule has 0 unspecified atom stereocenters. The molecule has 1 amide bonds. The first kappa shape index (κ1) is 11.6. The molecule has 0 saturated carbocycles. The molecule has 4 heteroatoms. The molecule has 0 aliphatic carbocycles. The second kappa shape index (κ2) is 4.99. The topological polar surface area (TPSA) is 57.8 Å². The number of carbonyl (C=O) groups is 1. The molecule has 90 valence electrons. The number of aromatic amines is 1. The second-order valence-electron chi connectivity index (χ2n) is 4.02. The number of H-pyrrole nitrogens is 1. The summed E-state index contributed by atoms with van der Waals surface area (Å²) in [4.78, 5) is 19.4. The number of aryl methyl sites for hydroxylation is 1. The highest BCUT2D eigenvalue weighted by Gasteiger charge is 2.07. The summed E-state index contributed by atoms with van der Waals surface area (Å²) in [5.74, 6) is 0.924. The predicted molar refractivity (Wildman–Crippen MR) is 68.1 cm³/mol. The first-order chi connectivity index (χ1) is 8.24. The van der Waals surface area contributed by atoms with Gasteiger partial charge in [0.25, 0.3) is 5.91 Å². The van der Waals surface area contributed by atoms with Crippen LogP contribution < -0.4 is 5.32 Å². The van der Waals surface area contributed by atoms with Crippen LogP contribution in [0.1, 0.15) is 36.5 Å². The molecule has 4 nitrogen and oxygen atoms in total. The lowest BCUT2D eigenvalue weighted by Crippen LogP contribution is -2.23. The molecule has 17 heavy (non-hydrogen) atoms. The summed E-state index contributed by atoms with van der Waals surface area (Å²) in [6.45, 7) is 4.79. The van der Waals surface area contributed by atoms with Crippen molar-refractivity contribution in [2.24, 2.45) is 0 Å². The van der Waals surface area contributed by atoms with Crippen molar-refractivity contribution in [1.82, 2.24) is 15.3 Å². The zero-order valence-corrected chi connectivity index (χ0v) is 10.2. The van der Waals surface area contributed by atoms with Gasteiger partial charge in [0, 0.05) is 18.5 Å². The molecule has 2 rings (SSSR count). The lowest BCUT2D eigenvalue weighted by molar-refractivity contribution is 0.0954. The third kappa shape index (κ3) is 2.46. The average Bonchev–Trinajstić information content (AvgIpc) is 2.77. The first-order valence-electron chi connectivity index (χ1n) is 6.01. The van der Waals surface area contributed by atoms with Crippen molar-refractivity contribution in [3.05, 3.63) is 29.6 Å². The summed E-state index contributed by atoms with van der Waals surface area (Å²) < 4.78 is 0. The second-order valence-corrected chi connectivity index (χ2v) is 4.02. The fourth-order valence-electron chi connectivity index (χ4n) is 1.71. The van der Waals surface area contributed by atoms with Gasteiger partial charge in [-0.3, -0.25) is 4.79 Å². The Labute approximate surface area is 100 Å². The minimum absolute atomic E-state index is 0.0265. The van der Waals surface area contributed by atoms with Gasteiger partial charge in [-0.15, -0.1) is 0 Å². The van der Waals surface area contributed by atoms with Gasteiger partial charge in [0.1, 0.15) is 5.82 Å². The zero-order valence-electron chi connectivity index (χ0n) is 10.2. The molecule has 0 radical (unpaired) electrons. The van der Waals surface area contributed by atoms with Gasteiger partial charge in [-0.05, 0) is 24.6 Å². The number of fused-ring (bicyclic) bond motifs is 1. The molecule has 0 spiro atoms. The third-order valence-corrected chi connectivity index (χ3v) is 2.66. The van der Waals surface area contributed by atoms with Gasteiger partial charge in [-0.2, -0.15) is 0 Å². The number of carbonyl (C=O) groups excluding carboxylic acids is 1. The summed E-state index contributed by atoms with van der Waals surface area (Å²) in [7, 11) is 0. The minimum atomic E-state index is -0.0265. The molecule has 0 aliphatic rings. The van der Waals surface area contributed by atoms with Crippen LogP contribution >= 0.6 is 0 Å². The van der Waals surface area contributed by atoms with Crippen molar-refractivity contribution in [3.63, 3.8) is 0 Å². The van der Waals surface area contributed by atoms with E-state index in [-0.39, 0.29) is 5.91 Å². The molecule has 1 aromatic heterocycles. The summed E-state index contributed by atoms with van der Waals surface area (Å²) in [6.07, 6.45) is 1.81. The molecular formula is C13H17N3O. The maximum Gasteiger partial charge on any atom is 0.251 e. The maximum atomic E-state index is 11.8. The van der Waals surface area contributed by atoms with E-state index in [1.54, 1.807) is 0 Å². The summed E-state index contributed by atoms with van der Waals surface area (Å²) in [5.41, 5.74) is 2.51. The molecule has 0 aliphatic heterocycles. The Balaban J connectivity index is 2.27. The van der Waals surface area contributed by atoms with E-state index < -0.39 is 0 Å². The van der Waals surface area contributed by atoms with Crippen molar-refractivity contribution in [2.75, 3.05) is 6.54 Å². The number of hydrogen-bond acceptors (Lipinski definition) is 2. The Morgan fingerprint density at radius 2 is 2.24 bits per heavy atom. The van der Waals surface area contributed by atoms with Crippen LogP contribution in [0.4, 0.5) is 0 Å². The summed E-state index contributed by atoms with van der Waals surface area (Å²) in [6, 6.07) is 5.55. The Hall–Kier alpha value is -1.84. The van der Waals surface area contributed by atoms with Crippen molar-refractivity contribution in [2.45, 2.75) is 26.7 Å². The van der Waals surface area contributed by atoms with E-state index in [0.717, 1.165) is 29.7 Å². The van der Waals surface area contributed by atoms with Crippen molar-refractivity contribution in [3.8, 4) is 0 Å². The highest BCUT2D eigenvalue weighted by molar-refractivity contribution is 5.97. The van der Waals surface area contributed by atoms with Crippen molar-refractivity contribution < 1.29 is 4.79 Å². The standard InChI is InChI=1S/C13H17N3O/c1-3-7-14-13(17)9-5-6-10-11(8-9)16-12(4-2)15-10/h5-6,8H,3-4,7H2,1-2H3,(H,14,17)(H,15,16). The smallest absolute Gasteiger partial charge is 0.251 e. The number of aromatic nitrogens is 2. The van der Waals surface area contributed by atoms with E-state index >= 15 is 0 Å². The first-order valence-corrected chi connectivity index (χ1v) is 6.01.